The highest BCUT2D eigenvalue weighted by Crippen LogP contribution is 2.18. The number of carbonyl (C=O) groups excluding carboxylic acids is 4. The topological polar surface area (TPSA) is 134 Å². The number of primary amides is 1. The van der Waals surface area contributed by atoms with Gasteiger partial charge in [0.25, 0.3) is 0 Å². The van der Waals surface area contributed by atoms with Gasteiger partial charge < -0.3 is 30.9 Å². The van der Waals surface area contributed by atoms with Gasteiger partial charge in [0, 0.05) is 25.7 Å². The van der Waals surface area contributed by atoms with Gasteiger partial charge in [0.05, 0.1) is 0 Å². The Labute approximate surface area is 171 Å². The van der Waals surface area contributed by atoms with Crippen LogP contribution in [0.2, 0.25) is 0 Å². The minimum atomic E-state index is -1.09. The summed E-state index contributed by atoms with van der Waals surface area (Å²) in [5.41, 5.74) is 4.63. The van der Waals surface area contributed by atoms with E-state index < -0.39 is 41.5 Å². The molecular weight excluding hydrogens is 378 g/mol. The quantitative estimate of drug-likeness (QED) is 0.465. The maximum atomic E-state index is 12.9. The van der Waals surface area contributed by atoms with Crippen LogP contribution < -0.4 is 16.4 Å². The highest BCUT2D eigenvalue weighted by Gasteiger charge is 2.37. The minimum absolute atomic E-state index is 0.148. The normalized spacial score (nSPS) is 18.0. The Kier molecular flexibility index (Phi) is 9.09. The fourth-order valence-corrected chi connectivity index (χ4v) is 2.81. The Bertz CT molecular complexity index is 641. The first kappa shape index (κ1) is 24.4. The summed E-state index contributed by atoms with van der Waals surface area (Å²) < 4.78 is 5.21. The lowest BCUT2D eigenvalue weighted by Gasteiger charge is -2.28. The van der Waals surface area contributed by atoms with Gasteiger partial charge in [-0.05, 0) is 47.7 Å². The molecule has 1 heterocycles. The van der Waals surface area contributed by atoms with Crippen LogP contribution in [0.1, 0.15) is 33.6 Å². The summed E-state index contributed by atoms with van der Waals surface area (Å²) in [6, 6.07) is -1.81. The molecule has 1 rings (SSSR count). The van der Waals surface area contributed by atoms with Crippen LogP contribution in [-0.4, -0.2) is 85.0 Å². The summed E-state index contributed by atoms with van der Waals surface area (Å²) in [6.45, 7) is 5.89. The molecule has 10 nitrogen and oxygen atoms in total. The molecule has 0 spiro atoms. The van der Waals surface area contributed by atoms with Crippen LogP contribution in [0.4, 0.5) is 4.79 Å². The summed E-state index contributed by atoms with van der Waals surface area (Å²) >= 11 is 0. The summed E-state index contributed by atoms with van der Waals surface area (Å²) in [7, 11) is 3.74. The van der Waals surface area contributed by atoms with E-state index in [0.717, 1.165) is 0 Å². The monoisotopic (exact) mass is 411 g/mol. The van der Waals surface area contributed by atoms with Crippen molar-refractivity contribution >= 4 is 23.8 Å². The standard InChI is InChI=1S/C19H33N5O5/c1-19(2,3)29-18(28)22-13(12-21-15(25)9-7-10-23(4)5)17(27)24-11-6-8-14(24)16(20)26/h7,9,13-14H,6,8,10-12H2,1-5H3,(H2,20,26)(H,21,25)(H,22,28). The molecule has 4 amide bonds. The Morgan fingerprint density at radius 1 is 1.28 bits per heavy atom. The van der Waals surface area contributed by atoms with Crippen molar-refractivity contribution in [3.05, 3.63) is 12.2 Å². The molecule has 10 heteroatoms. The van der Waals surface area contributed by atoms with Gasteiger partial charge in [-0.15, -0.1) is 0 Å². The molecule has 29 heavy (non-hydrogen) atoms. The second-order valence-corrected chi connectivity index (χ2v) is 8.20. The Balaban J connectivity index is 2.84. The highest BCUT2D eigenvalue weighted by molar-refractivity contribution is 5.92. The molecule has 0 bridgehead atoms. The first-order chi connectivity index (χ1) is 13.4. The lowest BCUT2D eigenvalue weighted by molar-refractivity contribution is -0.139. The molecular formula is C19H33N5O5. The third-order valence-corrected chi connectivity index (χ3v) is 4.07. The molecule has 0 aromatic rings. The number of nitrogens with two attached hydrogens (primary N) is 1. The number of nitrogens with zero attached hydrogens (tertiary/aromatic N) is 2. The fraction of sp³-hybridized carbons (Fsp3) is 0.684. The second kappa shape index (κ2) is 10.8. The highest BCUT2D eigenvalue weighted by atomic mass is 16.6. The third kappa shape index (κ3) is 8.95. The Morgan fingerprint density at radius 2 is 1.93 bits per heavy atom. The van der Waals surface area contributed by atoms with Crippen LogP contribution in [0.25, 0.3) is 0 Å². The zero-order valence-electron chi connectivity index (χ0n) is 17.9. The average molecular weight is 412 g/mol. The van der Waals surface area contributed by atoms with Gasteiger partial charge >= 0.3 is 6.09 Å². The van der Waals surface area contributed by atoms with Crippen molar-refractivity contribution in [3.8, 4) is 0 Å². The molecule has 1 aliphatic heterocycles. The van der Waals surface area contributed by atoms with E-state index in [4.69, 9.17) is 10.5 Å². The molecule has 1 fully saturated rings. The van der Waals surface area contributed by atoms with Crippen molar-refractivity contribution in [3.63, 3.8) is 0 Å². The maximum Gasteiger partial charge on any atom is 0.408 e. The van der Waals surface area contributed by atoms with Crippen LogP contribution in [0.3, 0.4) is 0 Å². The van der Waals surface area contributed by atoms with Gasteiger partial charge in [0.2, 0.25) is 17.7 Å². The summed E-state index contributed by atoms with van der Waals surface area (Å²) in [5, 5.41) is 5.08. The number of carbonyl (C=O) groups is 4. The van der Waals surface area contributed by atoms with E-state index in [1.54, 1.807) is 26.8 Å². The van der Waals surface area contributed by atoms with Crippen LogP contribution in [0.5, 0.6) is 0 Å². The molecule has 164 valence electrons. The van der Waals surface area contributed by atoms with Gasteiger partial charge in [-0.2, -0.15) is 0 Å². The predicted octanol–water partition coefficient (Wildman–Crippen LogP) is -0.410. The number of ether oxygens (including phenoxy) is 1. The van der Waals surface area contributed by atoms with E-state index in [-0.39, 0.29) is 6.54 Å². The fourth-order valence-electron chi connectivity index (χ4n) is 2.81. The number of likely N-dealkylation sites (tertiary alicyclic amines) is 1. The summed E-state index contributed by atoms with van der Waals surface area (Å²) in [4.78, 5) is 52.0. The number of rotatable bonds is 8. The van der Waals surface area contributed by atoms with Crippen molar-refractivity contribution < 1.29 is 23.9 Å². The van der Waals surface area contributed by atoms with Gasteiger partial charge in [0.15, 0.2) is 0 Å². The zero-order chi connectivity index (χ0) is 22.2. The number of alkyl carbamates (subject to hydrolysis) is 1. The van der Waals surface area contributed by atoms with Crippen molar-refractivity contribution in [2.75, 3.05) is 33.7 Å². The van der Waals surface area contributed by atoms with Crippen molar-refractivity contribution in [1.29, 1.82) is 0 Å². The Morgan fingerprint density at radius 3 is 2.48 bits per heavy atom. The average Bonchev–Trinajstić information content (AvgIpc) is 3.05. The van der Waals surface area contributed by atoms with E-state index in [1.165, 1.54) is 11.0 Å². The van der Waals surface area contributed by atoms with E-state index in [0.29, 0.717) is 25.9 Å². The van der Waals surface area contributed by atoms with E-state index in [9.17, 15) is 19.2 Å². The molecule has 0 aromatic carbocycles. The van der Waals surface area contributed by atoms with Gasteiger partial charge in [-0.1, -0.05) is 6.08 Å². The molecule has 4 N–H and O–H groups in total. The molecule has 0 saturated carbocycles. The number of nitrogens with one attached hydrogen (secondary N) is 2. The molecule has 2 unspecified atom stereocenters. The number of hydrogen-bond acceptors (Lipinski definition) is 6. The first-order valence-corrected chi connectivity index (χ1v) is 9.59. The largest absolute Gasteiger partial charge is 0.444 e. The van der Waals surface area contributed by atoms with Crippen LogP contribution >= 0.6 is 0 Å². The molecule has 0 aromatic heterocycles. The molecule has 2 atom stereocenters. The SMILES string of the molecule is CN(C)CC=CC(=O)NCC(NC(=O)OC(C)(C)C)C(=O)N1CCCC1C(N)=O. The number of hydrogen-bond donors (Lipinski definition) is 3. The van der Waals surface area contributed by atoms with Gasteiger partial charge in [-0.25, -0.2) is 4.79 Å². The van der Waals surface area contributed by atoms with Crippen LogP contribution in [0.15, 0.2) is 12.2 Å². The lowest BCUT2D eigenvalue weighted by Crippen LogP contribution is -2.56. The van der Waals surface area contributed by atoms with E-state index in [2.05, 4.69) is 10.6 Å². The summed E-state index contributed by atoms with van der Waals surface area (Å²) in [6.07, 6.45) is 3.36. The van der Waals surface area contributed by atoms with Gasteiger partial charge in [0.1, 0.15) is 17.7 Å². The summed E-state index contributed by atoms with van der Waals surface area (Å²) in [5.74, 6) is -1.49. The van der Waals surface area contributed by atoms with Crippen molar-refractivity contribution in [2.24, 2.45) is 5.73 Å². The predicted molar refractivity (Wildman–Crippen MR) is 108 cm³/mol. The van der Waals surface area contributed by atoms with Crippen LogP contribution in [-0.2, 0) is 19.1 Å². The van der Waals surface area contributed by atoms with Crippen molar-refractivity contribution in [2.45, 2.75) is 51.3 Å². The molecule has 0 aliphatic carbocycles. The minimum Gasteiger partial charge on any atom is -0.444 e. The van der Waals surface area contributed by atoms with E-state index in [1.807, 2.05) is 19.0 Å². The molecule has 1 aliphatic rings. The smallest absolute Gasteiger partial charge is 0.408 e. The maximum absolute atomic E-state index is 12.9. The number of likely N-dealkylation sites (N-methyl/N-ethyl adjacent to an activating group) is 1. The zero-order valence-corrected chi connectivity index (χ0v) is 17.9. The third-order valence-electron chi connectivity index (χ3n) is 4.07. The van der Waals surface area contributed by atoms with Crippen molar-refractivity contribution in [1.82, 2.24) is 20.4 Å². The molecule has 0 radical (unpaired) electrons. The second-order valence-electron chi connectivity index (χ2n) is 8.20. The van der Waals surface area contributed by atoms with E-state index >= 15 is 0 Å². The first-order valence-electron chi connectivity index (χ1n) is 9.59. The van der Waals surface area contributed by atoms with Gasteiger partial charge in [-0.3, -0.25) is 14.4 Å². The Hall–Kier alpha value is -2.62. The number of amides is 4. The lowest BCUT2D eigenvalue weighted by atomic mass is 10.2. The van der Waals surface area contributed by atoms with Crippen LogP contribution in [0, 0.1) is 0 Å². The molecule has 1 saturated heterocycles.